The molecule has 0 saturated carbocycles. The van der Waals surface area contributed by atoms with Crippen LogP contribution in [0.2, 0.25) is 0 Å². The van der Waals surface area contributed by atoms with Gasteiger partial charge in [-0.25, -0.2) is 0 Å². The van der Waals surface area contributed by atoms with Crippen molar-refractivity contribution in [2.45, 2.75) is 39.0 Å². The van der Waals surface area contributed by atoms with Gasteiger partial charge >= 0.3 is 0 Å². The van der Waals surface area contributed by atoms with E-state index >= 15 is 0 Å². The number of hydrogen-bond donors (Lipinski definition) is 0. The van der Waals surface area contributed by atoms with Crippen molar-refractivity contribution < 1.29 is 14.1 Å². The van der Waals surface area contributed by atoms with Crippen molar-refractivity contribution in [3.63, 3.8) is 0 Å². The highest BCUT2D eigenvalue weighted by Gasteiger charge is 2.18. The zero-order valence-electron chi connectivity index (χ0n) is 10.3. The molecule has 1 aromatic heterocycles. The van der Waals surface area contributed by atoms with Gasteiger partial charge in [-0.1, -0.05) is 12.1 Å². The summed E-state index contributed by atoms with van der Waals surface area (Å²) in [5.41, 5.74) is 0.479. The average molecular weight is 237 g/mol. The van der Waals surface area contributed by atoms with Crippen molar-refractivity contribution in [3.8, 4) is 0 Å². The van der Waals surface area contributed by atoms with Crippen LogP contribution >= 0.6 is 0 Å². The minimum atomic E-state index is 0.0861. The molecular formula is C13H19NO3. The summed E-state index contributed by atoms with van der Waals surface area (Å²) < 4.78 is 10.4. The molecule has 1 aromatic rings. The van der Waals surface area contributed by atoms with E-state index in [4.69, 9.17) is 9.26 Å². The van der Waals surface area contributed by atoms with Crippen LogP contribution in [0.3, 0.4) is 0 Å². The number of Topliss-reactive ketones (excluding diaryl/α,β-unsaturated/α-hetero) is 1. The summed E-state index contributed by atoms with van der Waals surface area (Å²) in [6.07, 6.45) is 4.37. The summed E-state index contributed by atoms with van der Waals surface area (Å²) in [7, 11) is 0. The van der Waals surface area contributed by atoms with E-state index in [1.165, 1.54) is 0 Å². The van der Waals surface area contributed by atoms with Crippen molar-refractivity contribution in [2.24, 2.45) is 5.92 Å². The summed E-state index contributed by atoms with van der Waals surface area (Å²) in [4.78, 5) is 11.9. The van der Waals surface area contributed by atoms with Gasteiger partial charge < -0.3 is 9.26 Å². The molecule has 1 saturated heterocycles. The number of nitrogens with zero attached hydrogens (tertiary/aromatic N) is 1. The molecule has 0 amide bonds. The fraction of sp³-hybridized carbons (Fsp3) is 0.692. The Kier molecular flexibility index (Phi) is 4.31. The van der Waals surface area contributed by atoms with Crippen LogP contribution in [0.1, 0.15) is 48.9 Å². The van der Waals surface area contributed by atoms with Gasteiger partial charge in [0.2, 0.25) is 0 Å². The molecule has 94 valence electrons. The average Bonchev–Trinajstić information content (AvgIpc) is 2.97. The molecule has 1 atom stereocenters. The molecule has 0 N–H and O–H groups in total. The van der Waals surface area contributed by atoms with Crippen LogP contribution < -0.4 is 0 Å². The van der Waals surface area contributed by atoms with E-state index in [0.29, 0.717) is 18.0 Å². The molecule has 2 rings (SSSR count). The molecule has 0 bridgehead atoms. The largest absolute Gasteiger partial charge is 0.381 e. The molecule has 4 heteroatoms. The zero-order valence-corrected chi connectivity index (χ0v) is 10.3. The minimum absolute atomic E-state index is 0.0861. The third-order valence-electron chi connectivity index (χ3n) is 3.14. The Labute approximate surface area is 101 Å². The quantitative estimate of drug-likeness (QED) is 0.714. The van der Waals surface area contributed by atoms with Crippen LogP contribution in [0.25, 0.3) is 0 Å². The van der Waals surface area contributed by atoms with E-state index in [1.54, 1.807) is 6.07 Å². The summed E-state index contributed by atoms with van der Waals surface area (Å²) in [5.74, 6) is 1.43. The molecule has 1 aliphatic rings. The molecule has 0 aliphatic carbocycles. The maximum absolute atomic E-state index is 11.9. The van der Waals surface area contributed by atoms with Crippen molar-refractivity contribution in [3.05, 3.63) is 17.5 Å². The van der Waals surface area contributed by atoms with Crippen LogP contribution in [-0.4, -0.2) is 24.2 Å². The number of carbonyl (C=O) groups excluding carboxylic acids is 1. The van der Waals surface area contributed by atoms with Gasteiger partial charge in [0, 0.05) is 32.1 Å². The van der Waals surface area contributed by atoms with Crippen LogP contribution in [0, 0.1) is 5.92 Å². The second-order valence-electron chi connectivity index (χ2n) is 4.62. The molecule has 0 spiro atoms. The maximum atomic E-state index is 11.9. The van der Waals surface area contributed by atoms with E-state index in [0.717, 1.165) is 44.7 Å². The van der Waals surface area contributed by atoms with Gasteiger partial charge in [0.25, 0.3) is 0 Å². The normalized spacial score (nSPS) is 19.7. The predicted molar refractivity (Wildman–Crippen MR) is 63.0 cm³/mol. The Balaban J connectivity index is 1.81. The second kappa shape index (κ2) is 5.96. The van der Waals surface area contributed by atoms with Gasteiger partial charge in [0.15, 0.2) is 5.78 Å². The number of carbonyl (C=O) groups is 1. The van der Waals surface area contributed by atoms with Gasteiger partial charge in [0.1, 0.15) is 11.5 Å². The predicted octanol–water partition coefficient (Wildman–Crippen LogP) is 2.63. The third-order valence-corrected chi connectivity index (χ3v) is 3.14. The topological polar surface area (TPSA) is 52.3 Å². The lowest BCUT2D eigenvalue weighted by Gasteiger charge is -2.04. The Morgan fingerprint density at radius 1 is 1.59 bits per heavy atom. The van der Waals surface area contributed by atoms with Crippen molar-refractivity contribution in [2.75, 3.05) is 13.2 Å². The van der Waals surface area contributed by atoms with Gasteiger partial charge in [-0.15, -0.1) is 0 Å². The van der Waals surface area contributed by atoms with Gasteiger partial charge in [-0.05, 0) is 25.2 Å². The molecule has 0 aromatic carbocycles. The van der Waals surface area contributed by atoms with Gasteiger partial charge in [0.05, 0.1) is 0 Å². The molecule has 4 nitrogen and oxygen atoms in total. The minimum Gasteiger partial charge on any atom is -0.381 e. The summed E-state index contributed by atoms with van der Waals surface area (Å²) in [5, 5.41) is 3.82. The lowest BCUT2D eigenvalue weighted by Crippen LogP contribution is -2.05. The number of aromatic nitrogens is 1. The molecule has 2 heterocycles. The van der Waals surface area contributed by atoms with E-state index < -0.39 is 0 Å². The maximum Gasteiger partial charge on any atom is 0.184 e. The summed E-state index contributed by atoms with van der Waals surface area (Å²) in [6.45, 7) is 3.71. The highest BCUT2D eigenvalue weighted by molar-refractivity contribution is 5.94. The molecule has 1 unspecified atom stereocenters. The number of rotatable bonds is 6. The van der Waals surface area contributed by atoms with E-state index in [-0.39, 0.29) is 5.78 Å². The van der Waals surface area contributed by atoms with Crippen LogP contribution in [0.5, 0.6) is 0 Å². The smallest absolute Gasteiger partial charge is 0.184 e. The first kappa shape index (κ1) is 12.3. The van der Waals surface area contributed by atoms with E-state index in [2.05, 4.69) is 12.1 Å². The Morgan fingerprint density at radius 3 is 3.18 bits per heavy atom. The molecule has 0 radical (unpaired) electrons. The highest BCUT2D eigenvalue weighted by Crippen LogP contribution is 2.19. The summed E-state index contributed by atoms with van der Waals surface area (Å²) >= 11 is 0. The number of hydrogen-bond acceptors (Lipinski definition) is 4. The van der Waals surface area contributed by atoms with Crippen LogP contribution in [-0.2, 0) is 11.2 Å². The second-order valence-corrected chi connectivity index (χ2v) is 4.62. The Morgan fingerprint density at radius 2 is 2.47 bits per heavy atom. The monoisotopic (exact) mass is 237 g/mol. The SMILES string of the molecule is CCCc1cc(C(=O)CCC2CCOC2)no1. The standard InChI is InChI=1S/C13H19NO3/c1-2-3-11-8-12(14-17-11)13(15)5-4-10-6-7-16-9-10/h8,10H,2-7,9H2,1H3. The first-order chi connectivity index (χ1) is 8.29. The highest BCUT2D eigenvalue weighted by atomic mass is 16.5. The first-order valence-electron chi connectivity index (χ1n) is 6.36. The van der Waals surface area contributed by atoms with Crippen LogP contribution in [0.4, 0.5) is 0 Å². The fourth-order valence-corrected chi connectivity index (χ4v) is 2.08. The van der Waals surface area contributed by atoms with Crippen molar-refractivity contribution in [1.29, 1.82) is 0 Å². The van der Waals surface area contributed by atoms with Crippen molar-refractivity contribution in [1.82, 2.24) is 5.16 Å². The summed E-state index contributed by atoms with van der Waals surface area (Å²) in [6, 6.07) is 1.77. The lowest BCUT2D eigenvalue weighted by atomic mass is 10.00. The molecule has 17 heavy (non-hydrogen) atoms. The van der Waals surface area contributed by atoms with Crippen molar-refractivity contribution >= 4 is 5.78 Å². The number of aryl methyl sites for hydroxylation is 1. The molecule has 1 aliphatic heterocycles. The first-order valence-corrected chi connectivity index (χ1v) is 6.36. The zero-order chi connectivity index (χ0) is 12.1. The Hall–Kier alpha value is -1.16. The Bertz CT molecular complexity index is 366. The number of ether oxygens (including phenoxy) is 1. The molecular weight excluding hydrogens is 218 g/mol. The number of ketones is 1. The van der Waals surface area contributed by atoms with E-state index in [1.807, 2.05) is 0 Å². The van der Waals surface area contributed by atoms with Gasteiger partial charge in [-0.3, -0.25) is 4.79 Å². The molecule has 1 fully saturated rings. The van der Waals surface area contributed by atoms with E-state index in [9.17, 15) is 4.79 Å². The third kappa shape index (κ3) is 3.40. The van der Waals surface area contributed by atoms with Crippen LogP contribution in [0.15, 0.2) is 10.6 Å². The lowest BCUT2D eigenvalue weighted by molar-refractivity contribution is 0.0962. The van der Waals surface area contributed by atoms with Gasteiger partial charge in [-0.2, -0.15) is 0 Å². The fourth-order valence-electron chi connectivity index (χ4n) is 2.08.